The number of nitro benzene ring substituents is 1. The fraction of sp³-hybridized carbons (Fsp3) is 0.278. The van der Waals surface area contributed by atoms with Crippen molar-refractivity contribution in [1.82, 2.24) is 9.55 Å². The van der Waals surface area contributed by atoms with Gasteiger partial charge in [-0.1, -0.05) is 23.4 Å². The van der Waals surface area contributed by atoms with Gasteiger partial charge < -0.3 is 5.32 Å². The van der Waals surface area contributed by atoms with Crippen molar-refractivity contribution < 1.29 is 9.72 Å². The van der Waals surface area contributed by atoms with Gasteiger partial charge in [0.2, 0.25) is 5.91 Å². The molecule has 0 saturated heterocycles. The first kappa shape index (κ1) is 19.9. The van der Waals surface area contributed by atoms with Crippen molar-refractivity contribution >= 4 is 62.2 Å². The number of halogens is 1. The fourth-order valence-electron chi connectivity index (χ4n) is 3.31. The van der Waals surface area contributed by atoms with Crippen LogP contribution in [-0.4, -0.2) is 26.1 Å². The van der Waals surface area contributed by atoms with E-state index >= 15 is 0 Å². The molecule has 1 N–H and O–H groups in total. The molecule has 1 aliphatic rings. The fourth-order valence-corrected chi connectivity index (χ4v) is 5.55. The molecule has 29 heavy (non-hydrogen) atoms. The molecule has 0 spiro atoms. The molecule has 0 atom stereocenters. The molecule has 0 unspecified atom stereocenters. The van der Waals surface area contributed by atoms with Gasteiger partial charge in [-0.3, -0.25) is 24.3 Å². The quantitative estimate of drug-likeness (QED) is 0.274. The maximum Gasteiger partial charge on any atom is 0.294 e. The summed E-state index contributed by atoms with van der Waals surface area (Å²) < 4.78 is 1.45. The van der Waals surface area contributed by atoms with Crippen LogP contribution in [0.2, 0.25) is 5.02 Å². The molecule has 4 rings (SSSR count). The van der Waals surface area contributed by atoms with Crippen LogP contribution < -0.4 is 10.9 Å². The number of benzene rings is 1. The number of amides is 1. The number of carbonyl (C=O) groups excluding carboxylic acids is 1. The molecule has 8 nitrogen and oxygen atoms in total. The van der Waals surface area contributed by atoms with Crippen molar-refractivity contribution in [2.24, 2.45) is 7.05 Å². The van der Waals surface area contributed by atoms with Gasteiger partial charge in [-0.15, -0.1) is 11.3 Å². The first-order valence-corrected chi connectivity index (χ1v) is 10.9. The Balaban J connectivity index is 1.53. The number of aryl methyl sites for hydroxylation is 2. The summed E-state index contributed by atoms with van der Waals surface area (Å²) in [4.78, 5) is 42.1. The number of nitrogens with zero attached hydrogens (tertiary/aromatic N) is 3. The lowest BCUT2D eigenvalue weighted by molar-refractivity contribution is -0.383. The lowest BCUT2D eigenvalue weighted by atomic mass is 10.2. The molecule has 1 amide bonds. The number of nitrogens with one attached hydrogen (secondary N) is 1. The minimum atomic E-state index is -0.607. The standard InChI is InChI=1S/C18H15ClN4O4S2/c1-22-17(25)15-10-3-2-4-13(10)29-16(15)21-18(22)28-8-14(24)20-11-6-5-9(19)7-12(11)23(26)27/h5-7H,2-4,8H2,1H3,(H,20,24). The lowest BCUT2D eigenvalue weighted by Crippen LogP contribution is -2.21. The van der Waals surface area contributed by atoms with Crippen molar-refractivity contribution in [2.45, 2.75) is 24.4 Å². The minimum absolute atomic E-state index is 0.0450. The predicted molar refractivity (Wildman–Crippen MR) is 114 cm³/mol. The number of thiophene rings is 1. The Bertz CT molecular complexity index is 1220. The summed E-state index contributed by atoms with van der Waals surface area (Å²) in [5.41, 5.74) is 0.793. The third-order valence-electron chi connectivity index (χ3n) is 4.67. The van der Waals surface area contributed by atoms with Crippen molar-refractivity contribution in [3.63, 3.8) is 0 Å². The van der Waals surface area contributed by atoms with Gasteiger partial charge in [0, 0.05) is 23.0 Å². The predicted octanol–water partition coefficient (Wildman–Crippen LogP) is 3.78. The molecule has 2 aromatic heterocycles. The van der Waals surface area contributed by atoms with Crippen molar-refractivity contribution in [3.8, 4) is 0 Å². The summed E-state index contributed by atoms with van der Waals surface area (Å²) in [7, 11) is 1.64. The smallest absolute Gasteiger partial charge is 0.294 e. The van der Waals surface area contributed by atoms with Crippen LogP contribution in [0.15, 0.2) is 28.2 Å². The highest BCUT2D eigenvalue weighted by molar-refractivity contribution is 7.99. The van der Waals surface area contributed by atoms with E-state index in [4.69, 9.17) is 11.6 Å². The Labute approximate surface area is 178 Å². The van der Waals surface area contributed by atoms with Crippen molar-refractivity contribution in [1.29, 1.82) is 0 Å². The summed E-state index contributed by atoms with van der Waals surface area (Å²) in [5, 5.41) is 15.0. The highest BCUT2D eigenvalue weighted by Crippen LogP contribution is 2.35. The molecule has 150 valence electrons. The Kier molecular flexibility index (Phi) is 5.32. The van der Waals surface area contributed by atoms with Gasteiger partial charge in [0.15, 0.2) is 5.16 Å². The average Bonchev–Trinajstić information content (AvgIpc) is 3.25. The van der Waals surface area contributed by atoms with E-state index < -0.39 is 10.8 Å². The molecule has 1 aliphatic carbocycles. The molecule has 11 heteroatoms. The van der Waals surface area contributed by atoms with E-state index in [0.29, 0.717) is 15.4 Å². The van der Waals surface area contributed by atoms with E-state index in [9.17, 15) is 19.7 Å². The zero-order chi connectivity index (χ0) is 20.7. The number of aromatic nitrogens is 2. The molecule has 3 aromatic rings. The van der Waals surface area contributed by atoms with Gasteiger partial charge in [0.1, 0.15) is 10.5 Å². The zero-order valence-electron chi connectivity index (χ0n) is 15.2. The molecule has 2 heterocycles. The topological polar surface area (TPSA) is 107 Å². The second kappa shape index (κ2) is 7.77. The minimum Gasteiger partial charge on any atom is -0.320 e. The van der Waals surface area contributed by atoms with Gasteiger partial charge in [-0.05, 0) is 37.0 Å². The second-order valence-electron chi connectivity index (χ2n) is 6.55. The summed E-state index contributed by atoms with van der Waals surface area (Å²) in [6, 6.07) is 4.03. The van der Waals surface area contributed by atoms with Crippen LogP contribution in [0, 0.1) is 10.1 Å². The Morgan fingerprint density at radius 3 is 3.00 bits per heavy atom. The number of carbonyl (C=O) groups is 1. The van der Waals surface area contributed by atoms with Crippen LogP contribution in [0.3, 0.4) is 0 Å². The molecule has 0 fully saturated rings. The van der Waals surface area contributed by atoms with Gasteiger partial charge in [0.05, 0.1) is 16.1 Å². The Morgan fingerprint density at radius 2 is 2.24 bits per heavy atom. The van der Waals surface area contributed by atoms with Crippen LogP contribution in [0.4, 0.5) is 11.4 Å². The van der Waals surface area contributed by atoms with Crippen molar-refractivity contribution in [2.75, 3.05) is 11.1 Å². The van der Waals surface area contributed by atoms with E-state index in [0.717, 1.165) is 36.6 Å². The maximum absolute atomic E-state index is 12.8. The number of fused-ring (bicyclic) bond motifs is 3. The van der Waals surface area contributed by atoms with Gasteiger partial charge in [-0.25, -0.2) is 4.98 Å². The molecular weight excluding hydrogens is 436 g/mol. The lowest BCUT2D eigenvalue weighted by Gasteiger charge is -2.09. The molecule has 0 radical (unpaired) electrons. The van der Waals surface area contributed by atoms with Crippen molar-refractivity contribution in [3.05, 3.63) is 54.1 Å². The van der Waals surface area contributed by atoms with Gasteiger partial charge >= 0.3 is 0 Å². The number of hydrogen-bond acceptors (Lipinski definition) is 7. The Hall–Kier alpha value is -2.43. The molecule has 1 aromatic carbocycles. The first-order chi connectivity index (χ1) is 13.8. The Morgan fingerprint density at radius 1 is 1.45 bits per heavy atom. The third-order valence-corrected chi connectivity index (χ3v) is 7.12. The average molecular weight is 451 g/mol. The molecule has 0 bridgehead atoms. The summed E-state index contributed by atoms with van der Waals surface area (Å²) in [5.74, 6) is -0.486. The van der Waals surface area contributed by atoms with E-state index in [1.165, 1.54) is 27.6 Å². The highest BCUT2D eigenvalue weighted by atomic mass is 35.5. The largest absolute Gasteiger partial charge is 0.320 e. The van der Waals surface area contributed by atoms with Crippen LogP contribution in [0.5, 0.6) is 0 Å². The monoisotopic (exact) mass is 450 g/mol. The summed E-state index contributed by atoms with van der Waals surface area (Å²) >= 11 is 8.44. The van der Waals surface area contributed by atoms with E-state index in [1.54, 1.807) is 18.4 Å². The second-order valence-corrected chi connectivity index (χ2v) is 9.01. The summed E-state index contributed by atoms with van der Waals surface area (Å²) in [6.07, 6.45) is 2.94. The first-order valence-electron chi connectivity index (χ1n) is 8.73. The van der Waals surface area contributed by atoms with Crippen LogP contribution >= 0.6 is 34.7 Å². The van der Waals surface area contributed by atoms with Crippen LogP contribution in [-0.2, 0) is 24.7 Å². The van der Waals surface area contributed by atoms with E-state index in [1.807, 2.05) is 0 Å². The molecular formula is C18H15ClN4O4S2. The SMILES string of the molecule is Cn1c(SCC(=O)Nc2ccc(Cl)cc2[N+](=O)[O-])nc2sc3c(c2c1=O)CCC3. The molecule has 0 aliphatic heterocycles. The van der Waals surface area contributed by atoms with Crippen LogP contribution in [0.1, 0.15) is 16.9 Å². The number of rotatable bonds is 5. The number of hydrogen-bond donors (Lipinski definition) is 1. The van der Waals surface area contributed by atoms with E-state index in [-0.39, 0.29) is 27.7 Å². The van der Waals surface area contributed by atoms with Crippen LogP contribution in [0.25, 0.3) is 10.2 Å². The summed E-state index contributed by atoms with van der Waals surface area (Å²) in [6.45, 7) is 0. The molecule has 0 saturated carbocycles. The van der Waals surface area contributed by atoms with E-state index in [2.05, 4.69) is 10.3 Å². The van der Waals surface area contributed by atoms with Gasteiger partial charge in [-0.2, -0.15) is 0 Å². The third kappa shape index (κ3) is 3.75. The number of nitro groups is 1. The number of anilines is 1. The zero-order valence-corrected chi connectivity index (χ0v) is 17.6. The van der Waals surface area contributed by atoms with Gasteiger partial charge in [0.25, 0.3) is 11.2 Å². The maximum atomic E-state index is 12.8. The number of thioether (sulfide) groups is 1. The normalized spacial score (nSPS) is 12.9. The highest BCUT2D eigenvalue weighted by Gasteiger charge is 2.23.